The topological polar surface area (TPSA) is 112 Å². The molecule has 0 amide bonds. The Balaban J connectivity index is 2.29. The molecule has 0 spiro atoms. The van der Waals surface area contributed by atoms with Gasteiger partial charge in [0.05, 0.1) is 11.8 Å². The number of benzene rings is 1. The van der Waals surface area contributed by atoms with Crippen LogP contribution in [0.3, 0.4) is 0 Å². The highest BCUT2D eigenvalue weighted by Gasteiger charge is 2.21. The number of aromatic nitrogens is 1. The molecule has 0 saturated carbocycles. The van der Waals surface area contributed by atoms with Gasteiger partial charge in [0.15, 0.2) is 0 Å². The van der Waals surface area contributed by atoms with Gasteiger partial charge in [-0.3, -0.25) is 0 Å². The Hall–Kier alpha value is -2.63. The predicted octanol–water partition coefficient (Wildman–Crippen LogP) is 1.35. The maximum absolute atomic E-state index is 11.5. The highest BCUT2D eigenvalue weighted by molar-refractivity contribution is 7.88. The minimum Gasteiger partial charge on any atom is -0.477 e. The molecule has 0 bridgehead atoms. The molecule has 0 radical (unpaired) electrons. The molecule has 2 aromatic rings. The number of carboxylic acids is 1. The summed E-state index contributed by atoms with van der Waals surface area (Å²) in [6, 6.07) is 9.07. The standard InChI is InChI=1S/C16H17N3O4S/c1-19-10-13(9-17)14(15(19)16(20)21)12-5-3-11(4-6-12)7-8-18-24(2,22)23/h3-6,10,18H,7-8H2,1-2H3,(H,20,21). The fraction of sp³-hybridized carbons (Fsp3) is 0.250. The van der Waals surface area contributed by atoms with Crippen LogP contribution in [0.15, 0.2) is 30.5 Å². The highest BCUT2D eigenvalue weighted by Crippen LogP contribution is 2.29. The molecule has 1 heterocycles. The van der Waals surface area contributed by atoms with Gasteiger partial charge in [-0.05, 0) is 17.5 Å². The van der Waals surface area contributed by atoms with E-state index in [1.807, 2.05) is 6.07 Å². The molecule has 0 aliphatic rings. The second-order valence-electron chi connectivity index (χ2n) is 5.41. The number of nitrogens with one attached hydrogen (secondary N) is 1. The summed E-state index contributed by atoms with van der Waals surface area (Å²) < 4.78 is 25.9. The summed E-state index contributed by atoms with van der Waals surface area (Å²) in [4.78, 5) is 11.5. The number of nitriles is 1. The molecule has 1 aromatic carbocycles. The molecule has 0 atom stereocenters. The predicted molar refractivity (Wildman–Crippen MR) is 89.1 cm³/mol. The first-order valence-electron chi connectivity index (χ1n) is 7.09. The Bertz CT molecular complexity index is 906. The lowest BCUT2D eigenvalue weighted by Gasteiger charge is -2.06. The van der Waals surface area contributed by atoms with Crippen LogP contribution in [-0.2, 0) is 23.5 Å². The summed E-state index contributed by atoms with van der Waals surface area (Å²) in [6.07, 6.45) is 3.10. The van der Waals surface area contributed by atoms with Crippen molar-refractivity contribution < 1.29 is 18.3 Å². The summed E-state index contributed by atoms with van der Waals surface area (Å²) in [5, 5.41) is 18.6. The maximum Gasteiger partial charge on any atom is 0.353 e. The van der Waals surface area contributed by atoms with E-state index in [0.717, 1.165) is 11.8 Å². The average molecular weight is 347 g/mol. The van der Waals surface area contributed by atoms with E-state index in [2.05, 4.69) is 4.72 Å². The Morgan fingerprint density at radius 2 is 1.96 bits per heavy atom. The van der Waals surface area contributed by atoms with E-state index < -0.39 is 16.0 Å². The second-order valence-corrected chi connectivity index (χ2v) is 7.24. The van der Waals surface area contributed by atoms with E-state index in [-0.39, 0.29) is 12.2 Å². The monoisotopic (exact) mass is 347 g/mol. The van der Waals surface area contributed by atoms with E-state index in [1.165, 1.54) is 10.8 Å². The Morgan fingerprint density at radius 1 is 1.33 bits per heavy atom. The Kier molecular flexibility index (Phi) is 5.07. The first-order chi connectivity index (χ1) is 11.2. The number of aromatic carboxylic acids is 1. The number of carbonyl (C=O) groups is 1. The van der Waals surface area contributed by atoms with Crippen molar-refractivity contribution >= 4 is 16.0 Å². The van der Waals surface area contributed by atoms with Gasteiger partial charge in [0.2, 0.25) is 10.0 Å². The number of sulfonamides is 1. The summed E-state index contributed by atoms with van der Waals surface area (Å²) in [7, 11) is -1.64. The molecule has 0 aliphatic heterocycles. The third kappa shape index (κ3) is 4.01. The third-order valence-electron chi connectivity index (χ3n) is 3.53. The normalized spacial score (nSPS) is 11.2. The van der Waals surface area contributed by atoms with Crippen LogP contribution in [0, 0.1) is 11.3 Å². The van der Waals surface area contributed by atoms with Gasteiger partial charge in [-0.15, -0.1) is 0 Å². The lowest BCUT2D eigenvalue weighted by molar-refractivity contribution is 0.0687. The van der Waals surface area contributed by atoms with Crippen LogP contribution in [0.1, 0.15) is 21.6 Å². The SMILES string of the molecule is Cn1cc(C#N)c(-c2ccc(CCNS(C)(=O)=O)cc2)c1C(=O)O. The summed E-state index contributed by atoms with van der Waals surface area (Å²) >= 11 is 0. The van der Waals surface area contributed by atoms with E-state index >= 15 is 0 Å². The zero-order valence-corrected chi connectivity index (χ0v) is 14.1. The van der Waals surface area contributed by atoms with Crippen molar-refractivity contribution in [2.75, 3.05) is 12.8 Å². The molecule has 2 rings (SSSR count). The van der Waals surface area contributed by atoms with Gasteiger partial charge in [-0.25, -0.2) is 17.9 Å². The van der Waals surface area contributed by atoms with E-state index in [9.17, 15) is 23.6 Å². The summed E-state index contributed by atoms with van der Waals surface area (Å²) in [5.74, 6) is -1.10. The maximum atomic E-state index is 11.5. The molecule has 1 aromatic heterocycles. The quantitative estimate of drug-likeness (QED) is 0.819. The molecule has 0 aliphatic carbocycles. The molecule has 8 heteroatoms. The molecule has 24 heavy (non-hydrogen) atoms. The van der Waals surface area contributed by atoms with Gasteiger partial charge < -0.3 is 9.67 Å². The van der Waals surface area contributed by atoms with Crippen LogP contribution in [-0.4, -0.2) is 36.9 Å². The van der Waals surface area contributed by atoms with Crippen molar-refractivity contribution in [3.8, 4) is 17.2 Å². The molecule has 2 N–H and O–H groups in total. The van der Waals surface area contributed by atoms with Gasteiger partial charge in [0.25, 0.3) is 0 Å². The van der Waals surface area contributed by atoms with Crippen LogP contribution >= 0.6 is 0 Å². The van der Waals surface area contributed by atoms with Crippen LogP contribution in [0.25, 0.3) is 11.1 Å². The van der Waals surface area contributed by atoms with Crippen molar-refractivity contribution in [3.05, 3.63) is 47.3 Å². The Labute approximate surface area is 140 Å². The zero-order chi connectivity index (χ0) is 17.9. The minimum atomic E-state index is -3.22. The molecule has 0 unspecified atom stereocenters. The number of carboxylic acid groups (broad SMARTS) is 1. The fourth-order valence-corrected chi connectivity index (χ4v) is 2.95. The van der Waals surface area contributed by atoms with E-state index in [4.69, 9.17) is 0 Å². The lowest BCUT2D eigenvalue weighted by Crippen LogP contribution is -2.24. The van der Waals surface area contributed by atoms with Crippen LogP contribution in [0.2, 0.25) is 0 Å². The van der Waals surface area contributed by atoms with Crippen LogP contribution in [0.5, 0.6) is 0 Å². The first kappa shape index (κ1) is 17.7. The van der Waals surface area contributed by atoms with Gasteiger partial charge in [-0.1, -0.05) is 24.3 Å². The van der Waals surface area contributed by atoms with Crippen molar-refractivity contribution in [2.24, 2.45) is 7.05 Å². The first-order valence-corrected chi connectivity index (χ1v) is 8.98. The van der Waals surface area contributed by atoms with Gasteiger partial charge in [0, 0.05) is 25.4 Å². The van der Waals surface area contributed by atoms with Gasteiger partial charge in [0.1, 0.15) is 11.8 Å². The summed E-state index contributed by atoms with van der Waals surface area (Å²) in [5.41, 5.74) is 2.26. The largest absolute Gasteiger partial charge is 0.477 e. The average Bonchev–Trinajstić information content (AvgIpc) is 2.83. The van der Waals surface area contributed by atoms with Gasteiger partial charge in [-0.2, -0.15) is 5.26 Å². The van der Waals surface area contributed by atoms with E-state index in [1.54, 1.807) is 31.3 Å². The molecule has 126 valence electrons. The number of aryl methyl sites for hydroxylation is 1. The molecule has 7 nitrogen and oxygen atoms in total. The highest BCUT2D eigenvalue weighted by atomic mass is 32.2. The van der Waals surface area contributed by atoms with Crippen molar-refractivity contribution in [1.82, 2.24) is 9.29 Å². The van der Waals surface area contributed by atoms with Crippen molar-refractivity contribution in [2.45, 2.75) is 6.42 Å². The second kappa shape index (κ2) is 6.86. The number of hydrogen-bond donors (Lipinski definition) is 2. The number of nitrogens with zero attached hydrogens (tertiary/aromatic N) is 2. The minimum absolute atomic E-state index is 0.0537. The smallest absolute Gasteiger partial charge is 0.353 e. The molecule has 0 saturated heterocycles. The Morgan fingerprint density at radius 3 is 2.46 bits per heavy atom. The molecule has 0 fully saturated rings. The van der Waals surface area contributed by atoms with Crippen molar-refractivity contribution in [1.29, 1.82) is 5.26 Å². The van der Waals surface area contributed by atoms with E-state index in [0.29, 0.717) is 23.1 Å². The van der Waals surface area contributed by atoms with Crippen LogP contribution < -0.4 is 4.72 Å². The number of hydrogen-bond acceptors (Lipinski definition) is 4. The zero-order valence-electron chi connectivity index (χ0n) is 13.3. The number of rotatable bonds is 6. The van der Waals surface area contributed by atoms with Gasteiger partial charge >= 0.3 is 5.97 Å². The molecular formula is C16H17N3O4S. The third-order valence-corrected chi connectivity index (χ3v) is 4.25. The fourth-order valence-electron chi connectivity index (χ4n) is 2.48. The van der Waals surface area contributed by atoms with Crippen molar-refractivity contribution in [3.63, 3.8) is 0 Å². The molecular weight excluding hydrogens is 330 g/mol. The van der Waals surface area contributed by atoms with Crippen LogP contribution in [0.4, 0.5) is 0 Å². The summed E-state index contributed by atoms with van der Waals surface area (Å²) in [6.45, 7) is 0.285. The lowest BCUT2D eigenvalue weighted by atomic mass is 10.00.